The number of sulfone groups is 1. The van der Waals surface area contributed by atoms with Crippen molar-refractivity contribution in [1.82, 2.24) is 10.4 Å². The first-order valence-electron chi connectivity index (χ1n) is 16.8. The van der Waals surface area contributed by atoms with Gasteiger partial charge >= 0.3 is 11.5 Å². The zero-order valence-corrected chi connectivity index (χ0v) is 30.2. The number of hydrogen-bond donors (Lipinski definition) is 4. The molecule has 0 spiro atoms. The molecule has 4 N–H and O–H groups in total. The van der Waals surface area contributed by atoms with E-state index in [-0.39, 0.29) is 40.9 Å². The average Bonchev–Trinajstić information content (AvgIpc) is 3.38. The Labute approximate surface area is 295 Å². The van der Waals surface area contributed by atoms with E-state index in [0.717, 1.165) is 12.8 Å². The number of para-hydroxylation sites is 1. The molecule has 1 saturated heterocycles. The van der Waals surface area contributed by atoms with Gasteiger partial charge in [-0.15, -0.1) is 0 Å². The maximum absolute atomic E-state index is 14.0. The summed E-state index contributed by atoms with van der Waals surface area (Å²) in [5.41, 5.74) is -4.10. The Morgan fingerprint density at radius 3 is 2.45 bits per heavy atom. The lowest BCUT2D eigenvalue weighted by Gasteiger charge is -2.62. The maximum Gasteiger partial charge on any atom is 0.497 e. The molecule has 1 aliphatic heterocycles. The standard InChI is InChI=1S/C35H46F3N3O9S/c1-18-26-15-23(34(26,3)4)16-27(18)39-31(43)29-28(19(2)42)33(46)50-41(29)17-20-8-7-9-25(30(20)49-6)21-12-22(32(44)45)14-24(13-21)40(5)10-11-51(47,48)35(36,37)38/h7-9,12-14,18-19,23,26-29,33,42,46H,10-11,15-17H2,1-6H3,(H,39,43)(H,44,45)/t18-,19-,23+,26-,27-,28?,29-,33?/m0/s1. The molecule has 2 bridgehead atoms. The largest absolute Gasteiger partial charge is 0.497 e. The average molecular weight is 742 g/mol. The van der Waals surface area contributed by atoms with Crippen LogP contribution in [0.4, 0.5) is 18.9 Å². The number of anilines is 1. The first kappa shape index (κ1) is 38.8. The molecule has 4 fully saturated rings. The molecular weight excluding hydrogens is 695 g/mol. The summed E-state index contributed by atoms with van der Waals surface area (Å²) >= 11 is 0. The number of carboxylic acids is 1. The van der Waals surface area contributed by atoms with E-state index in [0.29, 0.717) is 28.5 Å². The number of aliphatic hydroxyl groups is 2. The van der Waals surface area contributed by atoms with Crippen LogP contribution in [-0.2, 0) is 26.0 Å². The van der Waals surface area contributed by atoms with Gasteiger partial charge in [0, 0.05) is 36.4 Å². The molecule has 6 rings (SSSR count). The summed E-state index contributed by atoms with van der Waals surface area (Å²) in [5.74, 6) is -2.48. The van der Waals surface area contributed by atoms with Crippen LogP contribution in [0.1, 0.15) is 56.5 Å². The van der Waals surface area contributed by atoms with Crippen LogP contribution in [0, 0.1) is 29.1 Å². The van der Waals surface area contributed by atoms with Crippen molar-refractivity contribution in [2.24, 2.45) is 29.1 Å². The van der Waals surface area contributed by atoms with E-state index >= 15 is 0 Å². The van der Waals surface area contributed by atoms with Crippen molar-refractivity contribution in [3.05, 3.63) is 47.5 Å². The second-order valence-corrected chi connectivity index (χ2v) is 16.8. The number of benzene rings is 2. The summed E-state index contributed by atoms with van der Waals surface area (Å²) in [7, 11) is -2.68. The van der Waals surface area contributed by atoms with Crippen molar-refractivity contribution in [3.63, 3.8) is 0 Å². The number of carbonyl (C=O) groups excluding carboxylic acids is 1. The Morgan fingerprint density at radius 1 is 1.20 bits per heavy atom. The van der Waals surface area contributed by atoms with Gasteiger partial charge in [-0.2, -0.15) is 18.2 Å². The summed E-state index contributed by atoms with van der Waals surface area (Å²) < 4.78 is 68.0. The number of alkyl halides is 3. The quantitative estimate of drug-likeness (QED) is 0.248. The smallest absolute Gasteiger partial charge is 0.496 e. The predicted octanol–water partition coefficient (Wildman–Crippen LogP) is 4.05. The van der Waals surface area contributed by atoms with Crippen molar-refractivity contribution in [3.8, 4) is 16.9 Å². The number of fused-ring (bicyclic) bond motifs is 2. The fraction of sp³-hybridized carbons (Fsp3) is 0.600. The number of nitrogens with zero attached hydrogens (tertiary/aromatic N) is 2. The summed E-state index contributed by atoms with van der Waals surface area (Å²) in [6.07, 6.45) is -0.646. The van der Waals surface area contributed by atoms with E-state index < -0.39 is 63.9 Å². The molecule has 2 aromatic carbocycles. The minimum atomic E-state index is -5.43. The van der Waals surface area contributed by atoms with Crippen LogP contribution in [0.3, 0.4) is 0 Å². The van der Waals surface area contributed by atoms with Crippen LogP contribution in [0.5, 0.6) is 5.75 Å². The Balaban J connectivity index is 1.43. The monoisotopic (exact) mass is 741 g/mol. The molecule has 16 heteroatoms. The zero-order chi connectivity index (χ0) is 37.8. The van der Waals surface area contributed by atoms with Crippen molar-refractivity contribution in [2.75, 3.05) is 31.4 Å². The van der Waals surface area contributed by atoms with Gasteiger partial charge in [-0.3, -0.25) is 9.63 Å². The number of nitrogens with one attached hydrogen (secondary N) is 1. The van der Waals surface area contributed by atoms with Crippen LogP contribution >= 0.6 is 0 Å². The highest BCUT2D eigenvalue weighted by Crippen LogP contribution is 2.61. The molecule has 0 aromatic heterocycles. The van der Waals surface area contributed by atoms with Crippen LogP contribution < -0.4 is 15.0 Å². The van der Waals surface area contributed by atoms with E-state index in [1.807, 2.05) is 0 Å². The highest BCUT2D eigenvalue weighted by Gasteiger charge is 2.57. The number of hydroxylamine groups is 2. The van der Waals surface area contributed by atoms with Crippen molar-refractivity contribution in [2.45, 2.75) is 77.1 Å². The van der Waals surface area contributed by atoms with Crippen LogP contribution in [0.2, 0.25) is 0 Å². The van der Waals surface area contributed by atoms with Crippen molar-refractivity contribution < 1.29 is 56.1 Å². The van der Waals surface area contributed by atoms with Gasteiger partial charge in [0.1, 0.15) is 11.8 Å². The van der Waals surface area contributed by atoms with Gasteiger partial charge in [-0.25, -0.2) is 13.2 Å². The number of aliphatic hydroxyl groups excluding tert-OH is 2. The highest BCUT2D eigenvalue weighted by molar-refractivity contribution is 7.92. The number of aromatic carboxylic acids is 1. The number of hydrogen-bond acceptors (Lipinski definition) is 10. The molecule has 1 amide bonds. The molecule has 3 aliphatic carbocycles. The number of ether oxygens (including phenoxy) is 1. The van der Waals surface area contributed by atoms with Gasteiger partial charge in [0.25, 0.3) is 0 Å². The van der Waals surface area contributed by atoms with Crippen molar-refractivity contribution >= 4 is 27.4 Å². The van der Waals surface area contributed by atoms with Gasteiger partial charge in [0.2, 0.25) is 15.7 Å². The first-order valence-corrected chi connectivity index (χ1v) is 18.5. The third-order valence-electron chi connectivity index (χ3n) is 11.3. The third-order valence-corrected chi connectivity index (χ3v) is 12.8. The van der Waals surface area contributed by atoms with Gasteiger partial charge in [0.15, 0.2) is 6.29 Å². The van der Waals surface area contributed by atoms with E-state index in [4.69, 9.17) is 9.57 Å². The van der Waals surface area contributed by atoms with E-state index in [1.165, 1.54) is 49.2 Å². The summed E-state index contributed by atoms with van der Waals surface area (Å²) in [6.45, 7) is 7.48. The Hall–Kier alpha value is -3.44. The molecule has 282 valence electrons. The first-order chi connectivity index (χ1) is 23.7. The van der Waals surface area contributed by atoms with Crippen LogP contribution in [-0.4, -0.2) is 97.1 Å². The van der Waals surface area contributed by atoms with E-state index in [1.54, 1.807) is 18.2 Å². The van der Waals surface area contributed by atoms with Gasteiger partial charge in [-0.1, -0.05) is 39.0 Å². The fourth-order valence-corrected chi connectivity index (χ4v) is 8.88. The molecule has 2 aromatic rings. The minimum absolute atomic E-state index is 0.0798. The molecule has 0 radical (unpaired) electrons. The normalized spacial score (nSPS) is 28.1. The molecule has 8 atom stereocenters. The zero-order valence-electron chi connectivity index (χ0n) is 29.3. The second-order valence-electron chi connectivity index (χ2n) is 14.7. The van der Waals surface area contributed by atoms with E-state index in [2.05, 4.69) is 26.1 Å². The Bertz CT molecular complexity index is 1750. The van der Waals surface area contributed by atoms with Gasteiger partial charge < -0.3 is 30.3 Å². The highest BCUT2D eigenvalue weighted by atomic mass is 32.2. The minimum Gasteiger partial charge on any atom is -0.496 e. The number of carbonyl (C=O) groups is 2. The number of amides is 1. The third kappa shape index (κ3) is 7.43. The molecule has 3 saturated carbocycles. The summed E-state index contributed by atoms with van der Waals surface area (Å²) in [4.78, 5) is 33.1. The number of rotatable bonds is 12. The lowest BCUT2D eigenvalue weighted by atomic mass is 9.45. The van der Waals surface area contributed by atoms with Gasteiger partial charge in [-0.05, 0) is 66.7 Å². The molecule has 4 aliphatic rings. The second kappa shape index (κ2) is 14.2. The number of halogens is 3. The molecule has 2 unspecified atom stereocenters. The maximum atomic E-state index is 14.0. The van der Waals surface area contributed by atoms with Crippen LogP contribution in [0.25, 0.3) is 11.1 Å². The lowest BCUT2D eigenvalue weighted by molar-refractivity contribution is -0.231. The molecule has 51 heavy (non-hydrogen) atoms. The van der Waals surface area contributed by atoms with E-state index in [9.17, 15) is 46.5 Å². The SMILES string of the molecule is COc1c(CN2OC(O)C([C@H](C)O)[C@H]2C(=O)N[C@H]2C[C@H]3C[C@@H]([C@@H]2C)C3(C)C)cccc1-c1cc(C(=O)O)cc(N(C)CCS(=O)(=O)C(F)(F)F)c1. The Kier molecular flexibility index (Phi) is 10.8. The van der Waals surface area contributed by atoms with Crippen molar-refractivity contribution in [1.29, 1.82) is 0 Å². The summed E-state index contributed by atoms with van der Waals surface area (Å²) in [5, 5.41) is 35.9. The van der Waals surface area contributed by atoms with Gasteiger partial charge in [0.05, 0.1) is 37.0 Å². The number of carboxylic acid groups (broad SMARTS) is 1. The number of methoxy groups -OCH3 is 1. The topological polar surface area (TPSA) is 166 Å². The summed E-state index contributed by atoms with van der Waals surface area (Å²) in [6, 6.07) is 7.91. The fourth-order valence-electron chi connectivity index (χ4n) is 8.13. The van der Waals surface area contributed by atoms with Crippen LogP contribution in [0.15, 0.2) is 36.4 Å². The molecule has 12 nitrogen and oxygen atoms in total. The lowest BCUT2D eigenvalue weighted by Crippen LogP contribution is -2.62. The Morgan fingerprint density at radius 2 is 1.88 bits per heavy atom. The molecular formula is C35H46F3N3O9S. The predicted molar refractivity (Wildman–Crippen MR) is 181 cm³/mol. The molecule has 1 heterocycles.